The van der Waals surface area contributed by atoms with Crippen LogP contribution in [0.2, 0.25) is 0 Å². The lowest BCUT2D eigenvalue weighted by molar-refractivity contribution is 0.0809. The number of benzene rings is 5. The van der Waals surface area contributed by atoms with Gasteiger partial charge in [0, 0.05) is 13.3 Å². The molecule has 0 fully saturated rings. The highest BCUT2D eigenvalue weighted by atomic mass is 16.5. The Bertz CT molecular complexity index is 1740. The summed E-state index contributed by atoms with van der Waals surface area (Å²) in [5.41, 5.74) is 18.5. The summed E-state index contributed by atoms with van der Waals surface area (Å²) in [6, 6.07) is 38.2. The van der Waals surface area contributed by atoms with Crippen molar-refractivity contribution in [3.05, 3.63) is 157 Å². The summed E-state index contributed by atoms with van der Waals surface area (Å²) in [4.78, 5) is 0. The minimum absolute atomic E-state index is 0.192. The summed E-state index contributed by atoms with van der Waals surface area (Å²) in [6.07, 6.45) is 6.61. The van der Waals surface area contributed by atoms with Gasteiger partial charge in [0.2, 0.25) is 0 Å². The van der Waals surface area contributed by atoms with Crippen molar-refractivity contribution in [2.24, 2.45) is 5.73 Å². The number of methoxy groups -OCH3 is 1. The van der Waals surface area contributed by atoms with Crippen LogP contribution in [0.3, 0.4) is 0 Å². The molecule has 1 unspecified atom stereocenters. The van der Waals surface area contributed by atoms with Crippen LogP contribution in [-0.4, -0.2) is 14.2 Å². The normalized spacial score (nSPS) is 11.4. The predicted octanol–water partition coefficient (Wildman–Crippen LogP) is 10.5. The highest BCUT2D eigenvalue weighted by Gasteiger charge is 2.25. The lowest BCUT2D eigenvalue weighted by atomic mass is 9.77. The first-order valence-corrected chi connectivity index (χ1v) is 15.6. The van der Waals surface area contributed by atoms with Crippen LogP contribution >= 0.6 is 0 Å². The van der Waals surface area contributed by atoms with Crippen molar-refractivity contribution in [2.75, 3.05) is 14.2 Å². The molecule has 0 aliphatic rings. The molecular weight excluding hydrogens is 564 g/mol. The molecule has 0 heterocycles. The maximum atomic E-state index is 5.63. The van der Waals surface area contributed by atoms with E-state index in [1.165, 1.54) is 12.5 Å². The van der Waals surface area contributed by atoms with Gasteiger partial charge < -0.3 is 15.2 Å². The molecule has 234 valence electrons. The Labute approximate surface area is 274 Å². The third-order valence-corrected chi connectivity index (χ3v) is 7.78. The van der Waals surface area contributed by atoms with Crippen molar-refractivity contribution in [3.63, 3.8) is 0 Å². The molecule has 0 saturated carbocycles. The molecule has 0 spiro atoms. The first kappa shape index (κ1) is 33.7. The fourth-order valence-corrected chi connectivity index (χ4v) is 5.81. The van der Waals surface area contributed by atoms with Crippen LogP contribution in [0, 0.1) is 0 Å². The van der Waals surface area contributed by atoms with Crippen molar-refractivity contribution in [3.8, 4) is 44.5 Å². The largest absolute Gasteiger partial charge is 0.495 e. The smallest absolute Gasteiger partial charge is 0.133 e. The molecule has 0 amide bonds. The molecule has 5 aromatic carbocycles. The van der Waals surface area contributed by atoms with Crippen LogP contribution in [-0.2, 0) is 16.1 Å². The summed E-state index contributed by atoms with van der Waals surface area (Å²) >= 11 is 0. The quantitative estimate of drug-likeness (QED) is 0.109. The van der Waals surface area contributed by atoms with E-state index in [-0.39, 0.29) is 6.23 Å². The highest BCUT2D eigenvalue weighted by molar-refractivity contribution is 6.08. The van der Waals surface area contributed by atoms with Gasteiger partial charge >= 0.3 is 0 Å². The molecule has 1 atom stereocenters. The zero-order valence-electron chi connectivity index (χ0n) is 27.3. The molecule has 0 aromatic heterocycles. The van der Waals surface area contributed by atoms with E-state index in [0.29, 0.717) is 6.61 Å². The molecule has 0 saturated heterocycles. The van der Waals surface area contributed by atoms with Gasteiger partial charge in [-0.1, -0.05) is 148 Å². The van der Waals surface area contributed by atoms with E-state index < -0.39 is 0 Å². The summed E-state index contributed by atoms with van der Waals surface area (Å²) < 4.78 is 11.1. The SMILES string of the molecule is C=Cc1c(C=C)c(-c2ccc(C(NC)OC)cc2)c(-c2ccccc2)c(-c2ccccc2)c1-c1ccc(CO/C=C\N)cc1.CC. The van der Waals surface area contributed by atoms with E-state index in [0.717, 1.165) is 66.8 Å². The molecule has 5 rings (SSSR count). The van der Waals surface area contributed by atoms with Gasteiger partial charge in [-0.15, -0.1) is 0 Å². The molecule has 4 heteroatoms. The maximum Gasteiger partial charge on any atom is 0.133 e. The van der Waals surface area contributed by atoms with Crippen molar-refractivity contribution in [1.82, 2.24) is 5.32 Å². The van der Waals surface area contributed by atoms with Crippen molar-refractivity contribution in [2.45, 2.75) is 26.7 Å². The molecule has 0 aliphatic carbocycles. The second-order valence-electron chi connectivity index (χ2n) is 10.3. The Morgan fingerprint density at radius 1 is 0.652 bits per heavy atom. The lowest BCUT2D eigenvalue weighted by Gasteiger charge is -2.26. The number of nitrogens with one attached hydrogen (secondary N) is 1. The van der Waals surface area contributed by atoms with Gasteiger partial charge in [0.25, 0.3) is 0 Å². The first-order chi connectivity index (χ1) is 22.6. The van der Waals surface area contributed by atoms with Crippen molar-refractivity contribution < 1.29 is 9.47 Å². The van der Waals surface area contributed by atoms with E-state index in [4.69, 9.17) is 15.2 Å². The Morgan fingerprint density at radius 3 is 1.48 bits per heavy atom. The van der Waals surface area contributed by atoms with E-state index in [1.807, 2.05) is 33.0 Å². The van der Waals surface area contributed by atoms with Crippen LogP contribution < -0.4 is 11.1 Å². The Morgan fingerprint density at radius 2 is 1.09 bits per heavy atom. The van der Waals surface area contributed by atoms with Gasteiger partial charge in [0.05, 0.1) is 6.26 Å². The van der Waals surface area contributed by atoms with Crippen molar-refractivity contribution in [1.29, 1.82) is 0 Å². The van der Waals surface area contributed by atoms with Gasteiger partial charge in [-0.25, -0.2) is 0 Å². The molecule has 3 N–H and O–H groups in total. The second-order valence-corrected chi connectivity index (χ2v) is 10.3. The maximum absolute atomic E-state index is 5.63. The summed E-state index contributed by atoms with van der Waals surface area (Å²) in [6.45, 7) is 13.1. The van der Waals surface area contributed by atoms with Gasteiger partial charge in [-0.05, 0) is 73.8 Å². The van der Waals surface area contributed by atoms with E-state index in [9.17, 15) is 0 Å². The van der Waals surface area contributed by atoms with Gasteiger partial charge in [-0.3, -0.25) is 5.32 Å². The standard InChI is InChI=1S/C40H38N2O2.C2H6/c1-5-34-35(6-2)37(32-21-23-33(24-22-32)40(42-3)43-4)39(30-15-11-8-12-16-30)38(29-13-9-7-10-14-29)36(34)31-19-17-28(18-20-31)27-44-26-25-41;1-2/h5-26,40,42H,1-2,27,41H2,3-4H3;1-2H3/b26-25-;. The number of rotatable bonds is 12. The van der Waals surface area contributed by atoms with Crippen LogP contribution in [0.15, 0.2) is 135 Å². The summed E-state index contributed by atoms with van der Waals surface area (Å²) in [5.74, 6) is 0. The second kappa shape index (κ2) is 16.8. The topological polar surface area (TPSA) is 56.5 Å². The minimum atomic E-state index is -0.192. The third kappa shape index (κ3) is 7.21. The van der Waals surface area contributed by atoms with Crippen molar-refractivity contribution >= 4 is 12.2 Å². The molecule has 5 aromatic rings. The van der Waals surface area contributed by atoms with E-state index in [2.05, 4.69) is 128 Å². The van der Waals surface area contributed by atoms with Gasteiger partial charge in [0.1, 0.15) is 12.8 Å². The van der Waals surface area contributed by atoms with Crippen LogP contribution in [0.4, 0.5) is 0 Å². The van der Waals surface area contributed by atoms with E-state index in [1.54, 1.807) is 7.11 Å². The number of ether oxygens (including phenoxy) is 2. The number of nitrogens with two attached hydrogens (primary N) is 1. The minimum Gasteiger partial charge on any atom is -0.495 e. The predicted molar refractivity (Wildman–Crippen MR) is 197 cm³/mol. The Kier molecular flexibility index (Phi) is 12.3. The molecule has 0 bridgehead atoms. The number of hydrogen-bond donors (Lipinski definition) is 2. The average Bonchev–Trinajstić information content (AvgIpc) is 3.13. The van der Waals surface area contributed by atoms with Crippen LogP contribution in [0.1, 0.15) is 42.3 Å². The lowest BCUT2D eigenvalue weighted by Crippen LogP contribution is -2.17. The molecular formula is C42H44N2O2. The highest BCUT2D eigenvalue weighted by Crippen LogP contribution is 2.50. The first-order valence-electron chi connectivity index (χ1n) is 15.6. The van der Waals surface area contributed by atoms with Gasteiger partial charge in [0.15, 0.2) is 0 Å². The summed E-state index contributed by atoms with van der Waals surface area (Å²) in [5, 5.41) is 3.21. The van der Waals surface area contributed by atoms with Crippen LogP contribution in [0.25, 0.3) is 56.7 Å². The fourth-order valence-electron chi connectivity index (χ4n) is 5.81. The Balaban J connectivity index is 0.00000235. The van der Waals surface area contributed by atoms with Crippen LogP contribution in [0.5, 0.6) is 0 Å². The molecule has 0 radical (unpaired) electrons. The zero-order valence-corrected chi connectivity index (χ0v) is 27.3. The Hall–Kier alpha value is -5.16. The molecule has 4 nitrogen and oxygen atoms in total. The fraction of sp³-hybridized carbons (Fsp3) is 0.143. The van der Waals surface area contributed by atoms with Gasteiger partial charge in [-0.2, -0.15) is 0 Å². The monoisotopic (exact) mass is 608 g/mol. The number of hydrogen-bond acceptors (Lipinski definition) is 4. The average molecular weight is 609 g/mol. The van der Waals surface area contributed by atoms with E-state index >= 15 is 0 Å². The summed E-state index contributed by atoms with van der Waals surface area (Å²) in [7, 11) is 3.60. The zero-order chi connectivity index (χ0) is 32.9. The molecule has 46 heavy (non-hydrogen) atoms. The molecule has 0 aliphatic heterocycles. The third-order valence-electron chi connectivity index (χ3n) is 7.78.